The van der Waals surface area contributed by atoms with Crippen molar-refractivity contribution in [2.24, 2.45) is 5.92 Å². The van der Waals surface area contributed by atoms with Crippen LogP contribution >= 0.6 is 0 Å². The number of nitrogens with one attached hydrogen (secondary N) is 1. The number of hydrogen-bond donors (Lipinski definition) is 2. The molecule has 24 heavy (non-hydrogen) atoms. The van der Waals surface area contributed by atoms with E-state index in [0.717, 1.165) is 63.4 Å². The van der Waals surface area contributed by atoms with Crippen LogP contribution < -0.4 is 5.32 Å². The summed E-state index contributed by atoms with van der Waals surface area (Å²) in [5.41, 5.74) is -0.381. The van der Waals surface area contributed by atoms with Crippen molar-refractivity contribution in [3.05, 3.63) is 29.8 Å². The van der Waals surface area contributed by atoms with E-state index in [-0.39, 0.29) is 18.0 Å². The second kappa shape index (κ2) is 7.15. The monoisotopic (exact) mass is 338 g/mol. The first kappa shape index (κ1) is 17.3. The fourth-order valence-electron chi connectivity index (χ4n) is 3.95. The van der Waals surface area contributed by atoms with Gasteiger partial charge in [0.2, 0.25) is 5.91 Å². The molecule has 1 aromatic rings. The Morgan fingerprint density at radius 3 is 2.75 bits per heavy atom. The van der Waals surface area contributed by atoms with Crippen molar-refractivity contribution in [1.29, 1.82) is 0 Å². The number of benzene rings is 1. The van der Waals surface area contributed by atoms with Gasteiger partial charge in [0.1, 0.15) is 11.6 Å². The zero-order valence-electron chi connectivity index (χ0n) is 13.7. The van der Waals surface area contributed by atoms with Crippen LogP contribution in [0.1, 0.15) is 38.5 Å². The lowest BCUT2D eigenvalue weighted by Gasteiger charge is -2.47. The number of aliphatic hydroxyl groups is 1. The van der Waals surface area contributed by atoms with Crippen LogP contribution in [0.5, 0.6) is 0 Å². The SMILES string of the molecule is O=C(CCN1CCC2(O)CCCCC2C1)Nc1cc(F)cc(F)c1. The van der Waals surface area contributed by atoms with E-state index < -0.39 is 17.2 Å². The highest BCUT2D eigenvalue weighted by molar-refractivity contribution is 5.90. The highest BCUT2D eigenvalue weighted by Crippen LogP contribution is 2.39. The number of piperidine rings is 1. The molecule has 2 fully saturated rings. The van der Waals surface area contributed by atoms with Gasteiger partial charge in [0, 0.05) is 43.7 Å². The lowest BCUT2D eigenvalue weighted by molar-refractivity contribution is -0.117. The summed E-state index contributed by atoms with van der Waals surface area (Å²) in [7, 11) is 0. The van der Waals surface area contributed by atoms with Gasteiger partial charge >= 0.3 is 0 Å². The molecule has 1 aliphatic heterocycles. The van der Waals surface area contributed by atoms with Crippen molar-refractivity contribution in [1.82, 2.24) is 4.90 Å². The number of halogens is 2. The van der Waals surface area contributed by atoms with E-state index in [1.165, 1.54) is 0 Å². The first-order valence-corrected chi connectivity index (χ1v) is 8.65. The number of nitrogens with zero attached hydrogens (tertiary/aromatic N) is 1. The Labute approximate surface area is 140 Å². The van der Waals surface area contributed by atoms with Crippen molar-refractivity contribution < 1.29 is 18.7 Å². The highest BCUT2D eigenvalue weighted by atomic mass is 19.1. The number of fused-ring (bicyclic) bond motifs is 1. The Morgan fingerprint density at radius 1 is 1.25 bits per heavy atom. The molecule has 1 saturated carbocycles. The summed E-state index contributed by atoms with van der Waals surface area (Å²) in [6.45, 7) is 2.20. The molecule has 2 unspecified atom stereocenters. The van der Waals surface area contributed by atoms with Crippen molar-refractivity contribution >= 4 is 11.6 Å². The van der Waals surface area contributed by atoms with Gasteiger partial charge in [0.05, 0.1) is 5.60 Å². The first-order chi connectivity index (χ1) is 11.4. The molecule has 1 saturated heterocycles. The Balaban J connectivity index is 1.48. The van der Waals surface area contributed by atoms with Crippen LogP contribution in [0.15, 0.2) is 18.2 Å². The summed E-state index contributed by atoms with van der Waals surface area (Å²) < 4.78 is 26.3. The Bertz CT molecular complexity index is 590. The molecule has 6 heteroatoms. The average Bonchev–Trinajstić information content (AvgIpc) is 2.51. The van der Waals surface area contributed by atoms with Crippen LogP contribution in [0.4, 0.5) is 14.5 Å². The van der Waals surface area contributed by atoms with Gasteiger partial charge in [-0.2, -0.15) is 0 Å². The zero-order valence-corrected chi connectivity index (χ0v) is 13.7. The zero-order chi connectivity index (χ0) is 17.2. The maximum atomic E-state index is 13.1. The molecule has 1 amide bonds. The summed E-state index contributed by atoms with van der Waals surface area (Å²) in [4.78, 5) is 14.2. The van der Waals surface area contributed by atoms with Crippen LogP contribution in [-0.4, -0.2) is 41.1 Å². The third kappa shape index (κ3) is 4.11. The molecular weight excluding hydrogens is 314 g/mol. The minimum Gasteiger partial charge on any atom is -0.390 e. The number of carbonyl (C=O) groups is 1. The van der Waals surface area contributed by atoms with Crippen molar-refractivity contribution in [3.8, 4) is 0 Å². The fourth-order valence-corrected chi connectivity index (χ4v) is 3.95. The molecule has 0 spiro atoms. The minimum absolute atomic E-state index is 0.137. The minimum atomic E-state index is -0.710. The quantitative estimate of drug-likeness (QED) is 0.887. The number of anilines is 1. The molecule has 2 aliphatic rings. The summed E-state index contributed by atoms with van der Waals surface area (Å²) >= 11 is 0. The van der Waals surface area contributed by atoms with Gasteiger partial charge in [0.15, 0.2) is 0 Å². The van der Waals surface area contributed by atoms with Crippen LogP contribution in [0.3, 0.4) is 0 Å². The third-order valence-corrected chi connectivity index (χ3v) is 5.31. The fraction of sp³-hybridized carbons (Fsp3) is 0.611. The van der Waals surface area contributed by atoms with E-state index in [1.54, 1.807) is 0 Å². The van der Waals surface area contributed by atoms with Crippen LogP contribution in [0.25, 0.3) is 0 Å². The predicted molar refractivity (Wildman–Crippen MR) is 87.6 cm³/mol. The molecule has 2 atom stereocenters. The van der Waals surface area contributed by atoms with E-state index in [4.69, 9.17) is 0 Å². The smallest absolute Gasteiger partial charge is 0.225 e. The molecule has 3 rings (SSSR count). The van der Waals surface area contributed by atoms with E-state index in [2.05, 4.69) is 10.2 Å². The molecular formula is C18H24F2N2O2. The molecule has 132 valence electrons. The number of likely N-dealkylation sites (tertiary alicyclic amines) is 1. The van der Waals surface area contributed by atoms with Gasteiger partial charge in [-0.25, -0.2) is 8.78 Å². The molecule has 1 aliphatic carbocycles. The Hall–Kier alpha value is -1.53. The van der Waals surface area contributed by atoms with Gasteiger partial charge in [-0.15, -0.1) is 0 Å². The maximum absolute atomic E-state index is 13.1. The number of carbonyl (C=O) groups excluding carboxylic acids is 1. The summed E-state index contributed by atoms with van der Waals surface area (Å²) in [6.07, 6.45) is 5.21. The third-order valence-electron chi connectivity index (χ3n) is 5.31. The second-order valence-corrected chi connectivity index (χ2v) is 7.05. The topological polar surface area (TPSA) is 52.6 Å². The Kier molecular flexibility index (Phi) is 5.15. The molecule has 1 aromatic carbocycles. The lowest BCUT2D eigenvalue weighted by Crippen LogP contribution is -2.53. The maximum Gasteiger partial charge on any atom is 0.225 e. The predicted octanol–water partition coefficient (Wildman–Crippen LogP) is 2.92. The molecule has 1 heterocycles. The first-order valence-electron chi connectivity index (χ1n) is 8.65. The summed E-state index contributed by atoms with van der Waals surface area (Å²) in [6, 6.07) is 2.97. The van der Waals surface area contributed by atoms with E-state index >= 15 is 0 Å². The van der Waals surface area contributed by atoms with Gasteiger partial charge in [0.25, 0.3) is 0 Å². The number of amides is 1. The Morgan fingerprint density at radius 2 is 2.00 bits per heavy atom. The van der Waals surface area contributed by atoms with Crippen molar-refractivity contribution in [3.63, 3.8) is 0 Å². The molecule has 0 aromatic heterocycles. The standard InChI is InChI=1S/C18H24F2N2O2/c19-14-9-15(20)11-16(10-14)21-17(23)4-7-22-8-6-18(24)5-2-1-3-13(18)12-22/h9-11,13,24H,1-8,12H2,(H,21,23). The highest BCUT2D eigenvalue weighted by Gasteiger charge is 2.42. The van der Waals surface area contributed by atoms with Gasteiger partial charge in [-0.05, 0) is 31.4 Å². The van der Waals surface area contributed by atoms with Crippen molar-refractivity contribution in [2.45, 2.75) is 44.1 Å². The summed E-state index contributed by atoms with van der Waals surface area (Å²) in [5.74, 6) is -1.39. The lowest BCUT2D eigenvalue weighted by atomic mass is 9.71. The van der Waals surface area contributed by atoms with E-state index in [9.17, 15) is 18.7 Å². The van der Waals surface area contributed by atoms with E-state index in [1.807, 2.05) is 0 Å². The average molecular weight is 338 g/mol. The van der Waals surface area contributed by atoms with Gasteiger partial charge in [-0.1, -0.05) is 12.8 Å². The molecule has 4 nitrogen and oxygen atoms in total. The molecule has 2 N–H and O–H groups in total. The van der Waals surface area contributed by atoms with Crippen LogP contribution in [0.2, 0.25) is 0 Å². The van der Waals surface area contributed by atoms with Crippen LogP contribution in [0, 0.1) is 17.6 Å². The van der Waals surface area contributed by atoms with E-state index in [0.29, 0.717) is 12.5 Å². The van der Waals surface area contributed by atoms with Crippen molar-refractivity contribution in [2.75, 3.05) is 25.0 Å². The van der Waals surface area contributed by atoms with Gasteiger partial charge < -0.3 is 15.3 Å². The number of rotatable bonds is 4. The molecule has 0 radical (unpaired) electrons. The normalized spacial score (nSPS) is 27.5. The molecule has 0 bridgehead atoms. The second-order valence-electron chi connectivity index (χ2n) is 7.05. The van der Waals surface area contributed by atoms with Crippen LogP contribution in [-0.2, 0) is 4.79 Å². The van der Waals surface area contributed by atoms with Gasteiger partial charge in [-0.3, -0.25) is 4.79 Å². The number of hydrogen-bond acceptors (Lipinski definition) is 3. The summed E-state index contributed by atoms with van der Waals surface area (Å²) in [5, 5.41) is 13.2. The largest absolute Gasteiger partial charge is 0.390 e.